The Morgan fingerprint density at radius 2 is 0.900 bits per heavy atom. The first-order chi connectivity index (χ1) is 19.3. The molecule has 0 N–H and O–H groups in total. The van der Waals surface area contributed by atoms with Gasteiger partial charge in [-0.1, -0.05) is 47.9 Å². The summed E-state index contributed by atoms with van der Waals surface area (Å²) in [6, 6.07) is 29.2. The van der Waals surface area contributed by atoms with Crippen LogP contribution < -0.4 is 0 Å². The van der Waals surface area contributed by atoms with Gasteiger partial charge in [-0.05, 0) is 95.4 Å². The topological polar surface area (TPSA) is 25.8 Å². The molecule has 0 amide bonds. The van der Waals surface area contributed by atoms with Gasteiger partial charge in [-0.2, -0.15) is 0 Å². The molecule has 5 aromatic rings. The monoisotopic (exact) mass is 518 g/mol. The second-order valence-corrected chi connectivity index (χ2v) is 10.9. The van der Waals surface area contributed by atoms with E-state index in [1.165, 1.54) is 5.56 Å². The van der Waals surface area contributed by atoms with Crippen LogP contribution in [0, 0.1) is 30.6 Å². The molecule has 0 aliphatic carbocycles. The molecule has 0 aliphatic heterocycles. The Morgan fingerprint density at radius 1 is 0.525 bits per heavy atom. The lowest BCUT2D eigenvalue weighted by atomic mass is 9.97. The summed E-state index contributed by atoms with van der Waals surface area (Å²) in [5.41, 5.74) is 10.9. The number of benzene rings is 3. The van der Waals surface area contributed by atoms with Crippen molar-refractivity contribution >= 4 is 0 Å². The minimum atomic E-state index is 0.829. The van der Waals surface area contributed by atoms with Crippen LogP contribution in [0.15, 0.2) is 110 Å². The lowest BCUT2D eigenvalue weighted by Gasteiger charge is -2.24. The first kappa shape index (κ1) is 26.6. The fourth-order valence-electron chi connectivity index (χ4n) is 4.53. The molecular weight excluding hydrogens is 486 g/mol. The van der Waals surface area contributed by atoms with E-state index < -0.39 is 0 Å². The highest BCUT2D eigenvalue weighted by molar-refractivity contribution is 5.65. The largest absolute Gasteiger partial charge is 0.327 e. The van der Waals surface area contributed by atoms with Gasteiger partial charge in [0.1, 0.15) is 6.54 Å². The van der Waals surface area contributed by atoms with Crippen molar-refractivity contribution in [2.24, 2.45) is 0 Å². The number of hydrogen-bond donors (Lipinski definition) is 0. The van der Waals surface area contributed by atoms with Crippen LogP contribution in [0.3, 0.4) is 0 Å². The third-order valence-electron chi connectivity index (χ3n) is 6.60. The highest BCUT2D eigenvalue weighted by Crippen LogP contribution is 2.21. The van der Waals surface area contributed by atoms with Gasteiger partial charge in [-0.3, -0.25) is 9.97 Å². The fourth-order valence-corrected chi connectivity index (χ4v) is 4.53. The lowest BCUT2D eigenvalue weighted by molar-refractivity contribution is -0.884. The summed E-state index contributed by atoms with van der Waals surface area (Å²) in [4.78, 5) is 8.21. The Balaban J connectivity index is 1.44. The summed E-state index contributed by atoms with van der Waals surface area (Å²) in [5, 5.41) is 0. The Labute approximate surface area is 237 Å². The van der Waals surface area contributed by atoms with Crippen molar-refractivity contribution in [1.82, 2.24) is 9.97 Å². The average Bonchev–Trinajstić information content (AvgIpc) is 2.97. The standard InChI is InChI=1S/C37H32N3/c1-28-36(15-9-29-5-11-32(12-6-29)34-17-21-38-22-18-34)25-31(27-40(2,3)4)26-37(28)16-10-30-7-13-33(14-8-30)35-19-23-39-24-20-35/h5-8,11-14,17-26H,27H2,1-4H3/q+1. The normalized spacial score (nSPS) is 10.7. The van der Waals surface area contributed by atoms with Crippen LogP contribution in [0.4, 0.5) is 0 Å². The minimum absolute atomic E-state index is 0.829. The summed E-state index contributed by atoms with van der Waals surface area (Å²) in [7, 11) is 6.60. The van der Waals surface area contributed by atoms with Crippen molar-refractivity contribution < 1.29 is 4.48 Å². The molecule has 3 heteroatoms. The van der Waals surface area contributed by atoms with E-state index in [1.807, 2.05) is 49.1 Å². The van der Waals surface area contributed by atoms with E-state index in [-0.39, 0.29) is 0 Å². The molecule has 3 aromatic carbocycles. The van der Waals surface area contributed by atoms with Crippen molar-refractivity contribution in [3.63, 3.8) is 0 Å². The quantitative estimate of drug-likeness (QED) is 0.187. The molecule has 2 heterocycles. The minimum Gasteiger partial charge on any atom is -0.327 e. The van der Waals surface area contributed by atoms with Crippen LogP contribution in [0.5, 0.6) is 0 Å². The molecule has 5 rings (SSSR count). The molecule has 3 nitrogen and oxygen atoms in total. The summed E-state index contributed by atoms with van der Waals surface area (Å²) in [6.07, 6.45) is 7.25. The van der Waals surface area contributed by atoms with Gasteiger partial charge in [0.15, 0.2) is 0 Å². The number of quaternary nitrogens is 1. The van der Waals surface area contributed by atoms with Crippen LogP contribution >= 0.6 is 0 Å². The molecule has 2 aromatic heterocycles. The Kier molecular flexibility index (Phi) is 7.88. The highest BCUT2D eigenvalue weighted by Gasteiger charge is 2.12. The lowest BCUT2D eigenvalue weighted by Crippen LogP contribution is -2.33. The molecule has 0 aliphatic rings. The van der Waals surface area contributed by atoms with Crippen LogP contribution in [-0.4, -0.2) is 35.6 Å². The number of pyridine rings is 2. The van der Waals surface area contributed by atoms with Crippen molar-refractivity contribution in [3.8, 4) is 45.9 Å². The van der Waals surface area contributed by atoms with Gasteiger partial charge in [0.25, 0.3) is 0 Å². The maximum Gasteiger partial charge on any atom is 0.104 e. The number of hydrogen-bond acceptors (Lipinski definition) is 2. The molecule has 0 unspecified atom stereocenters. The van der Waals surface area contributed by atoms with Gasteiger partial charge < -0.3 is 4.48 Å². The van der Waals surface area contributed by atoms with Crippen LogP contribution in [0.25, 0.3) is 22.3 Å². The predicted molar refractivity (Wildman–Crippen MR) is 164 cm³/mol. The van der Waals surface area contributed by atoms with Crippen molar-refractivity contribution in [1.29, 1.82) is 0 Å². The van der Waals surface area contributed by atoms with E-state index in [0.29, 0.717) is 0 Å². The third kappa shape index (κ3) is 6.91. The van der Waals surface area contributed by atoms with Crippen LogP contribution in [0.1, 0.15) is 33.4 Å². The van der Waals surface area contributed by atoms with Gasteiger partial charge in [0.2, 0.25) is 0 Å². The summed E-state index contributed by atoms with van der Waals surface area (Å²) in [6.45, 7) is 3.01. The van der Waals surface area contributed by atoms with E-state index in [0.717, 1.165) is 61.1 Å². The highest BCUT2D eigenvalue weighted by atomic mass is 15.3. The van der Waals surface area contributed by atoms with Gasteiger partial charge in [0, 0.05) is 52.6 Å². The Hall–Kier alpha value is -4.96. The number of aromatic nitrogens is 2. The molecule has 0 fully saturated rings. The zero-order valence-corrected chi connectivity index (χ0v) is 23.4. The van der Waals surface area contributed by atoms with Gasteiger partial charge >= 0.3 is 0 Å². The van der Waals surface area contributed by atoms with E-state index >= 15 is 0 Å². The average molecular weight is 519 g/mol. The van der Waals surface area contributed by atoms with E-state index in [1.54, 1.807) is 0 Å². The molecule has 0 radical (unpaired) electrons. The molecule has 0 saturated heterocycles. The zero-order chi connectivity index (χ0) is 28.0. The number of rotatable bonds is 4. The van der Waals surface area contributed by atoms with Crippen LogP contribution in [0.2, 0.25) is 0 Å². The zero-order valence-electron chi connectivity index (χ0n) is 23.4. The SMILES string of the molecule is Cc1c(C#Cc2ccc(-c3ccncc3)cc2)cc(C[N+](C)(C)C)cc1C#Cc1ccc(-c2ccncc2)cc1. The van der Waals surface area contributed by atoms with E-state index in [2.05, 4.69) is 122 Å². The van der Waals surface area contributed by atoms with E-state index in [9.17, 15) is 0 Å². The summed E-state index contributed by atoms with van der Waals surface area (Å²) >= 11 is 0. The number of nitrogens with zero attached hydrogens (tertiary/aromatic N) is 3. The summed E-state index contributed by atoms with van der Waals surface area (Å²) in [5.74, 6) is 13.6. The first-order valence-corrected chi connectivity index (χ1v) is 13.3. The van der Waals surface area contributed by atoms with Crippen molar-refractivity contribution in [2.45, 2.75) is 13.5 Å². The van der Waals surface area contributed by atoms with Crippen molar-refractivity contribution in [3.05, 3.63) is 143 Å². The smallest absolute Gasteiger partial charge is 0.104 e. The molecular formula is C37H32N3+. The summed E-state index contributed by atoms with van der Waals surface area (Å²) < 4.78 is 0.829. The van der Waals surface area contributed by atoms with Crippen LogP contribution in [-0.2, 0) is 6.54 Å². The molecule has 0 atom stereocenters. The molecule has 0 saturated carbocycles. The molecule has 194 valence electrons. The van der Waals surface area contributed by atoms with E-state index in [4.69, 9.17) is 0 Å². The third-order valence-corrected chi connectivity index (χ3v) is 6.60. The van der Waals surface area contributed by atoms with Gasteiger partial charge in [0.05, 0.1) is 21.1 Å². The first-order valence-electron chi connectivity index (χ1n) is 13.3. The van der Waals surface area contributed by atoms with Crippen molar-refractivity contribution in [2.75, 3.05) is 21.1 Å². The Bertz CT molecular complexity index is 1600. The second-order valence-electron chi connectivity index (χ2n) is 10.9. The maximum absolute atomic E-state index is 4.11. The fraction of sp³-hybridized carbons (Fsp3) is 0.135. The Morgan fingerprint density at radius 3 is 1.27 bits per heavy atom. The second kappa shape index (κ2) is 11.8. The van der Waals surface area contributed by atoms with Gasteiger partial charge in [-0.25, -0.2) is 0 Å². The molecule has 0 spiro atoms. The van der Waals surface area contributed by atoms with Gasteiger partial charge in [-0.15, -0.1) is 0 Å². The predicted octanol–water partition coefficient (Wildman–Crippen LogP) is 7.12. The maximum atomic E-state index is 4.11. The molecule has 0 bridgehead atoms. The molecule has 40 heavy (non-hydrogen) atoms.